The molecule has 2 aromatic carbocycles. The molecule has 0 atom stereocenters. The number of rotatable bonds is 3. The average molecular weight is 268 g/mol. The quantitative estimate of drug-likeness (QED) is 0.859. The Hall–Kier alpha value is -1.94. The van der Waals surface area contributed by atoms with Gasteiger partial charge < -0.3 is 15.2 Å². The maximum atomic E-state index is 12.9. The number of benzene rings is 2. The van der Waals surface area contributed by atoms with Crippen LogP contribution in [0.3, 0.4) is 0 Å². The van der Waals surface area contributed by atoms with Crippen LogP contribution in [0.4, 0.5) is 10.1 Å². The van der Waals surface area contributed by atoms with Crippen molar-refractivity contribution >= 4 is 17.3 Å². The molecular weight excluding hydrogens is 257 g/mol. The van der Waals surface area contributed by atoms with Gasteiger partial charge in [0, 0.05) is 23.9 Å². The minimum atomic E-state index is -0.419. The molecule has 0 aliphatic heterocycles. The van der Waals surface area contributed by atoms with Crippen LogP contribution >= 0.6 is 11.6 Å². The van der Waals surface area contributed by atoms with E-state index in [2.05, 4.69) is 0 Å². The van der Waals surface area contributed by atoms with Gasteiger partial charge in [-0.2, -0.15) is 0 Å². The summed E-state index contributed by atoms with van der Waals surface area (Å²) in [6.07, 6.45) is 0. The van der Waals surface area contributed by atoms with Gasteiger partial charge in [0.2, 0.25) is 0 Å². The Morgan fingerprint density at radius 1 is 1.11 bits per heavy atom. The second kappa shape index (κ2) is 5.14. The second-order valence-corrected chi connectivity index (χ2v) is 4.03. The van der Waals surface area contributed by atoms with Gasteiger partial charge in [0.15, 0.2) is 0 Å². The number of halogens is 2. The Labute approximate surface area is 109 Å². The third kappa shape index (κ3) is 2.84. The van der Waals surface area contributed by atoms with Crippen molar-refractivity contribution in [2.75, 3.05) is 12.8 Å². The highest BCUT2D eigenvalue weighted by molar-refractivity contribution is 6.32. The maximum absolute atomic E-state index is 12.9. The summed E-state index contributed by atoms with van der Waals surface area (Å²) in [5.74, 6) is 0.979. The summed E-state index contributed by atoms with van der Waals surface area (Å²) in [5.41, 5.74) is 6.20. The Morgan fingerprint density at radius 3 is 2.50 bits per heavy atom. The molecule has 94 valence electrons. The molecule has 0 bridgehead atoms. The number of anilines is 1. The van der Waals surface area contributed by atoms with Crippen LogP contribution in [-0.2, 0) is 0 Å². The molecule has 18 heavy (non-hydrogen) atoms. The van der Waals surface area contributed by atoms with Crippen molar-refractivity contribution in [2.24, 2.45) is 0 Å². The molecule has 2 rings (SSSR count). The zero-order valence-corrected chi connectivity index (χ0v) is 10.4. The zero-order valence-electron chi connectivity index (χ0n) is 9.61. The maximum Gasteiger partial charge on any atom is 0.146 e. The van der Waals surface area contributed by atoms with Gasteiger partial charge in [0.25, 0.3) is 0 Å². The van der Waals surface area contributed by atoms with Crippen LogP contribution < -0.4 is 15.2 Å². The van der Waals surface area contributed by atoms with Crippen molar-refractivity contribution in [3.63, 3.8) is 0 Å². The van der Waals surface area contributed by atoms with Crippen molar-refractivity contribution in [3.8, 4) is 17.2 Å². The summed E-state index contributed by atoms with van der Waals surface area (Å²) in [7, 11) is 1.53. The average Bonchev–Trinajstić information content (AvgIpc) is 2.32. The van der Waals surface area contributed by atoms with Gasteiger partial charge >= 0.3 is 0 Å². The van der Waals surface area contributed by atoms with E-state index in [0.29, 0.717) is 22.9 Å². The summed E-state index contributed by atoms with van der Waals surface area (Å²) < 4.78 is 23.5. The van der Waals surface area contributed by atoms with E-state index in [0.717, 1.165) is 0 Å². The van der Waals surface area contributed by atoms with Crippen LogP contribution in [0.1, 0.15) is 0 Å². The summed E-state index contributed by atoms with van der Waals surface area (Å²) in [5, 5.41) is 0.191. The highest BCUT2D eigenvalue weighted by Gasteiger charge is 2.06. The first-order valence-electron chi connectivity index (χ1n) is 5.16. The molecule has 5 heteroatoms. The third-order valence-corrected chi connectivity index (χ3v) is 2.56. The van der Waals surface area contributed by atoms with E-state index in [4.69, 9.17) is 26.8 Å². The van der Waals surface area contributed by atoms with Gasteiger partial charge in [-0.3, -0.25) is 0 Å². The summed E-state index contributed by atoms with van der Waals surface area (Å²) in [6.45, 7) is 0. The standard InChI is InChI=1S/C13H11ClFNO2/c1-17-10-5-9(16)6-11(7-10)18-13-3-2-8(15)4-12(13)14/h2-7H,16H2,1H3. The molecule has 0 spiro atoms. The molecule has 0 saturated carbocycles. The topological polar surface area (TPSA) is 44.5 Å². The molecule has 0 heterocycles. The number of nitrogens with two attached hydrogens (primary N) is 1. The molecule has 0 radical (unpaired) electrons. The molecule has 3 nitrogen and oxygen atoms in total. The van der Waals surface area contributed by atoms with Crippen molar-refractivity contribution in [1.29, 1.82) is 0 Å². The smallest absolute Gasteiger partial charge is 0.146 e. The molecule has 0 amide bonds. The molecule has 0 aliphatic rings. The lowest BCUT2D eigenvalue weighted by Gasteiger charge is -2.10. The minimum absolute atomic E-state index is 0.191. The lowest BCUT2D eigenvalue weighted by molar-refractivity contribution is 0.409. The molecule has 2 aromatic rings. The Balaban J connectivity index is 2.30. The van der Waals surface area contributed by atoms with Crippen LogP contribution in [0.2, 0.25) is 5.02 Å². The largest absolute Gasteiger partial charge is 0.497 e. The van der Waals surface area contributed by atoms with Crippen molar-refractivity contribution in [1.82, 2.24) is 0 Å². The molecule has 0 saturated heterocycles. The van der Waals surface area contributed by atoms with Crippen molar-refractivity contribution in [2.45, 2.75) is 0 Å². The van der Waals surface area contributed by atoms with E-state index in [9.17, 15) is 4.39 Å². The van der Waals surface area contributed by atoms with Crippen molar-refractivity contribution in [3.05, 3.63) is 47.2 Å². The van der Waals surface area contributed by atoms with Crippen LogP contribution in [0.25, 0.3) is 0 Å². The van der Waals surface area contributed by atoms with Gasteiger partial charge in [-0.05, 0) is 18.2 Å². The fraction of sp³-hybridized carbons (Fsp3) is 0.0769. The van der Waals surface area contributed by atoms with E-state index in [1.807, 2.05) is 0 Å². The fourth-order valence-electron chi connectivity index (χ4n) is 1.46. The Kier molecular flexibility index (Phi) is 3.58. The van der Waals surface area contributed by atoms with Gasteiger partial charge in [-0.1, -0.05) is 11.6 Å². The number of ether oxygens (including phenoxy) is 2. The summed E-state index contributed by atoms with van der Waals surface area (Å²) in [4.78, 5) is 0. The van der Waals surface area contributed by atoms with Crippen molar-refractivity contribution < 1.29 is 13.9 Å². The predicted molar refractivity (Wildman–Crippen MR) is 68.9 cm³/mol. The molecule has 0 fully saturated rings. The normalized spacial score (nSPS) is 10.2. The van der Waals surface area contributed by atoms with Gasteiger partial charge in [-0.15, -0.1) is 0 Å². The van der Waals surface area contributed by atoms with E-state index in [1.54, 1.807) is 18.2 Å². The first-order chi connectivity index (χ1) is 8.58. The Morgan fingerprint density at radius 2 is 1.83 bits per heavy atom. The molecule has 0 aromatic heterocycles. The van der Waals surface area contributed by atoms with E-state index in [-0.39, 0.29) is 5.02 Å². The van der Waals surface area contributed by atoms with Gasteiger partial charge in [0.1, 0.15) is 23.1 Å². The molecule has 0 unspecified atom stereocenters. The van der Waals surface area contributed by atoms with Crippen LogP contribution in [0.15, 0.2) is 36.4 Å². The Bertz CT molecular complexity index is 575. The van der Waals surface area contributed by atoms with Gasteiger partial charge in [0.05, 0.1) is 12.1 Å². The summed E-state index contributed by atoms with van der Waals surface area (Å²) >= 11 is 5.87. The first-order valence-corrected chi connectivity index (χ1v) is 5.54. The van der Waals surface area contributed by atoms with Crippen LogP contribution in [0.5, 0.6) is 17.2 Å². The lowest BCUT2D eigenvalue weighted by Crippen LogP contribution is -1.92. The monoisotopic (exact) mass is 267 g/mol. The van der Waals surface area contributed by atoms with Crippen LogP contribution in [0, 0.1) is 5.82 Å². The minimum Gasteiger partial charge on any atom is -0.497 e. The van der Waals surface area contributed by atoms with Crippen LogP contribution in [-0.4, -0.2) is 7.11 Å². The van der Waals surface area contributed by atoms with E-state index >= 15 is 0 Å². The fourth-order valence-corrected chi connectivity index (χ4v) is 1.66. The summed E-state index contributed by atoms with van der Waals surface area (Å²) in [6, 6.07) is 8.86. The second-order valence-electron chi connectivity index (χ2n) is 3.62. The highest BCUT2D eigenvalue weighted by Crippen LogP contribution is 2.32. The van der Waals surface area contributed by atoms with E-state index < -0.39 is 5.82 Å². The number of hydrogen-bond acceptors (Lipinski definition) is 3. The number of hydrogen-bond donors (Lipinski definition) is 1. The van der Waals surface area contributed by atoms with Gasteiger partial charge in [-0.25, -0.2) is 4.39 Å². The molecular formula is C13H11ClFNO2. The highest BCUT2D eigenvalue weighted by atomic mass is 35.5. The zero-order chi connectivity index (χ0) is 13.1. The first kappa shape index (κ1) is 12.5. The third-order valence-electron chi connectivity index (χ3n) is 2.26. The number of methoxy groups -OCH3 is 1. The number of nitrogen functional groups attached to an aromatic ring is 1. The molecule has 0 aliphatic carbocycles. The molecule has 2 N–H and O–H groups in total. The predicted octanol–water partition coefficient (Wildman–Crippen LogP) is 3.86. The lowest BCUT2D eigenvalue weighted by atomic mass is 10.3. The van der Waals surface area contributed by atoms with E-state index in [1.165, 1.54) is 25.3 Å². The SMILES string of the molecule is COc1cc(N)cc(Oc2ccc(F)cc2Cl)c1.